The minimum Gasteiger partial charge on any atom is -0.493 e. The fourth-order valence-electron chi connectivity index (χ4n) is 1.97. The number of ketones is 1. The van der Waals surface area contributed by atoms with Gasteiger partial charge in [0.15, 0.2) is 5.78 Å². The molecule has 2 aromatic rings. The average molecular weight is 254 g/mol. The van der Waals surface area contributed by atoms with Crippen LogP contribution in [0.5, 0.6) is 5.75 Å². The van der Waals surface area contributed by atoms with Crippen molar-refractivity contribution in [2.24, 2.45) is 0 Å². The molecule has 2 rings (SSSR count). The number of carbonyl (C=O) groups is 1. The molecule has 98 valence electrons. The molecule has 0 aliphatic heterocycles. The lowest BCUT2D eigenvalue weighted by atomic mass is 9.99. The topological polar surface area (TPSA) is 26.3 Å². The first-order chi connectivity index (χ1) is 9.13. The summed E-state index contributed by atoms with van der Waals surface area (Å²) in [6, 6.07) is 13.2. The summed E-state index contributed by atoms with van der Waals surface area (Å²) in [5, 5.41) is 0. The van der Waals surface area contributed by atoms with Crippen LogP contribution in [0.3, 0.4) is 0 Å². The number of para-hydroxylation sites is 1. The first kappa shape index (κ1) is 13.3. The molecule has 0 spiro atoms. The van der Waals surface area contributed by atoms with Crippen LogP contribution in [0.4, 0.5) is 0 Å². The van der Waals surface area contributed by atoms with Gasteiger partial charge in [0.2, 0.25) is 0 Å². The Labute approximate surface area is 114 Å². The van der Waals surface area contributed by atoms with Crippen molar-refractivity contribution in [2.75, 3.05) is 6.61 Å². The Balaban J connectivity index is 2.41. The zero-order valence-electron chi connectivity index (χ0n) is 11.6. The lowest BCUT2D eigenvalue weighted by Gasteiger charge is -2.10. The zero-order valence-corrected chi connectivity index (χ0v) is 11.6. The molecule has 0 radical (unpaired) electrons. The maximum Gasteiger partial charge on any atom is 0.196 e. The quantitative estimate of drug-likeness (QED) is 0.773. The van der Waals surface area contributed by atoms with Gasteiger partial charge >= 0.3 is 0 Å². The second-order valence-corrected chi connectivity index (χ2v) is 4.56. The van der Waals surface area contributed by atoms with E-state index < -0.39 is 0 Å². The van der Waals surface area contributed by atoms with Crippen molar-refractivity contribution in [3.05, 3.63) is 64.7 Å². The van der Waals surface area contributed by atoms with Gasteiger partial charge in [-0.05, 0) is 50.1 Å². The van der Waals surface area contributed by atoms with Crippen LogP contribution in [0.2, 0.25) is 0 Å². The van der Waals surface area contributed by atoms with E-state index in [4.69, 9.17) is 4.74 Å². The third kappa shape index (κ3) is 2.84. The van der Waals surface area contributed by atoms with Crippen LogP contribution in [-0.4, -0.2) is 12.4 Å². The van der Waals surface area contributed by atoms with Gasteiger partial charge in [0.1, 0.15) is 5.75 Å². The van der Waals surface area contributed by atoms with Crippen molar-refractivity contribution in [3.63, 3.8) is 0 Å². The summed E-state index contributed by atoms with van der Waals surface area (Å²) < 4.78 is 5.51. The number of benzene rings is 2. The molecule has 0 N–H and O–H groups in total. The van der Waals surface area contributed by atoms with E-state index in [1.807, 2.05) is 63.2 Å². The van der Waals surface area contributed by atoms with E-state index in [0.29, 0.717) is 23.5 Å². The number of hydrogen-bond donors (Lipinski definition) is 0. The summed E-state index contributed by atoms with van der Waals surface area (Å²) in [5.41, 5.74) is 3.64. The Kier molecular flexibility index (Phi) is 4.00. The average Bonchev–Trinajstić information content (AvgIpc) is 2.42. The summed E-state index contributed by atoms with van der Waals surface area (Å²) in [7, 11) is 0. The summed E-state index contributed by atoms with van der Waals surface area (Å²) in [6.45, 7) is 6.52. The van der Waals surface area contributed by atoms with Gasteiger partial charge in [-0.2, -0.15) is 0 Å². The Morgan fingerprint density at radius 1 is 1.05 bits per heavy atom. The molecule has 2 aromatic carbocycles. The van der Waals surface area contributed by atoms with Crippen LogP contribution >= 0.6 is 0 Å². The molecule has 0 heterocycles. The fourth-order valence-corrected chi connectivity index (χ4v) is 1.97. The summed E-state index contributed by atoms with van der Waals surface area (Å²) in [4.78, 5) is 12.5. The minimum absolute atomic E-state index is 0.00662. The number of aryl methyl sites for hydroxylation is 2. The summed E-state index contributed by atoms with van der Waals surface area (Å²) in [6.07, 6.45) is 0. The molecule has 0 saturated carbocycles. The molecule has 2 heteroatoms. The minimum atomic E-state index is 0.00662. The van der Waals surface area contributed by atoms with E-state index in [2.05, 4.69) is 0 Å². The van der Waals surface area contributed by atoms with E-state index in [1.54, 1.807) is 0 Å². The second kappa shape index (κ2) is 5.70. The van der Waals surface area contributed by atoms with Gasteiger partial charge in [-0.15, -0.1) is 0 Å². The smallest absolute Gasteiger partial charge is 0.196 e. The normalized spacial score (nSPS) is 10.3. The molecule has 0 fully saturated rings. The van der Waals surface area contributed by atoms with Crippen molar-refractivity contribution in [2.45, 2.75) is 20.8 Å². The number of rotatable bonds is 4. The molecule has 0 aromatic heterocycles. The van der Waals surface area contributed by atoms with E-state index in [0.717, 1.165) is 5.56 Å². The Bertz CT molecular complexity index is 600. The molecule has 0 amide bonds. The molecular weight excluding hydrogens is 236 g/mol. The van der Waals surface area contributed by atoms with Crippen molar-refractivity contribution < 1.29 is 9.53 Å². The van der Waals surface area contributed by atoms with Gasteiger partial charge in [-0.3, -0.25) is 4.79 Å². The predicted molar refractivity (Wildman–Crippen MR) is 77.0 cm³/mol. The monoisotopic (exact) mass is 254 g/mol. The molecule has 0 aliphatic rings. The van der Waals surface area contributed by atoms with Crippen LogP contribution in [0, 0.1) is 13.8 Å². The van der Waals surface area contributed by atoms with E-state index in [1.165, 1.54) is 5.56 Å². The van der Waals surface area contributed by atoms with E-state index in [9.17, 15) is 4.79 Å². The number of hydrogen-bond acceptors (Lipinski definition) is 2. The highest BCUT2D eigenvalue weighted by molar-refractivity contribution is 6.10. The van der Waals surface area contributed by atoms with Crippen LogP contribution in [-0.2, 0) is 0 Å². The van der Waals surface area contributed by atoms with Crippen molar-refractivity contribution >= 4 is 5.78 Å². The molecule has 0 saturated heterocycles. The van der Waals surface area contributed by atoms with Crippen molar-refractivity contribution in [3.8, 4) is 5.75 Å². The van der Waals surface area contributed by atoms with Gasteiger partial charge in [0.25, 0.3) is 0 Å². The Hall–Kier alpha value is -2.09. The number of ether oxygens (including phenoxy) is 1. The number of carbonyl (C=O) groups excluding carboxylic acids is 1. The molecule has 0 atom stereocenters. The third-order valence-electron chi connectivity index (χ3n) is 3.20. The van der Waals surface area contributed by atoms with Gasteiger partial charge in [-0.1, -0.05) is 24.3 Å². The van der Waals surface area contributed by atoms with Crippen molar-refractivity contribution in [1.29, 1.82) is 0 Å². The first-order valence-electron chi connectivity index (χ1n) is 6.47. The SMILES string of the molecule is CCOc1ccccc1C(=O)c1ccc(C)c(C)c1. The van der Waals surface area contributed by atoms with Crippen molar-refractivity contribution in [1.82, 2.24) is 0 Å². The predicted octanol–water partition coefficient (Wildman–Crippen LogP) is 3.93. The molecule has 0 bridgehead atoms. The van der Waals surface area contributed by atoms with E-state index >= 15 is 0 Å². The van der Waals surface area contributed by atoms with Crippen LogP contribution < -0.4 is 4.74 Å². The van der Waals surface area contributed by atoms with Crippen LogP contribution in [0.25, 0.3) is 0 Å². The largest absolute Gasteiger partial charge is 0.493 e. The standard InChI is InChI=1S/C17H18O2/c1-4-19-16-8-6-5-7-15(16)17(18)14-10-9-12(2)13(3)11-14/h5-11H,4H2,1-3H3. The van der Waals surface area contributed by atoms with Crippen LogP contribution in [0.1, 0.15) is 34.0 Å². The lowest BCUT2D eigenvalue weighted by Crippen LogP contribution is -2.05. The molecule has 0 aliphatic carbocycles. The Morgan fingerprint density at radius 3 is 2.47 bits per heavy atom. The first-order valence-corrected chi connectivity index (χ1v) is 6.47. The molecule has 19 heavy (non-hydrogen) atoms. The Morgan fingerprint density at radius 2 is 1.79 bits per heavy atom. The van der Waals surface area contributed by atoms with Crippen LogP contribution in [0.15, 0.2) is 42.5 Å². The fraction of sp³-hybridized carbons (Fsp3) is 0.235. The molecule has 0 unspecified atom stereocenters. The van der Waals surface area contributed by atoms with Gasteiger partial charge in [0.05, 0.1) is 12.2 Å². The van der Waals surface area contributed by atoms with E-state index in [-0.39, 0.29) is 5.78 Å². The maximum atomic E-state index is 12.5. The third-order valence-corrected chi connectivity index (χ3v) is 3.20. The highest BCUT2D eigenvalue weighted by Crippen LogP contribution is 2.22. The highest BCUT2D eigenvalue weighted by Gasteiger charge is 2.14. The van der Waals surface area contributed by atoms with Gasteiger partial charge in [-0.25, -0.2) is 0 Å². The molecule has 2 nitrogen and oxygen atoms in total. The molecular formula is C17H18O2. The summed E-state index contributed by atoms with van der Waals surface area (Å²) >= 11 is 0. The van der Waals surface area contributed by atoms with Gasteiger partial charge < -0.3 is 4.74 Å². The second-order valence-electron chi connectivity index (χ2n) is 4.56. The van der Waals surface area contributed by atoms with Gasteiger partial charge in [0, 0.05) is 5.56 Å². The highest BCUT2D eigenvalue weighted by atomic mass is 16.5. The zero-order chi connectivity index (χ0) is 13.8. The maximum absolute atomic E-state index is 12.5. The lowest BCUT2D eigenvalue weighted by molar-refractivity contribution is 0.103. The summed E-state index contributed by atoms with van der Waals surface area (Å²) in [5.74, 6) is 0.653.